The van der Waals surface area contributed by atoms with Crippen molar-refractivity contribution in [2.24, 2.45) is 0 Å². The number of nitrogens with two attached hydrogens (primary N) is 1. The van der Waals surface area contributed by atoms with E-state index in [2.05, 4.69) is 5.32 Å². The fourth-order valence-corrected chi connectivity index (χ4v) is 2.68. The van der Waals surface area contributed by atoms with E-state index in [9.17, 15) is 4.79 Å². The van der Waals surface area contributed by atoms with Gasteiger partial charge < -0.3 is 20.7 Å². The Kier molecular flexibility index (Phi) is 4.30. The predicted molar refractivity (Wildman–Crippen MR) is 93.4 cm³/mol. The van der Waals surface area contributed by atoms with E-state index < -0.39 is 0 Å². The van der Waals surface area contributed by atoms with Crippen LogP contribution in [0.15, 0.2) is 36.4 Å². The van der Waals surface area contributed by atoms with Gasteiger partial charge in [0.1, 0.15) is 12.4 Å². The van der Waals surface area contributed by atoms with Crippen LogP contribution in [0.4, 0.5) is 17.1 Å². The lowest BCUT2D eigenvalue weighted by molar-refractivity contribution is -0.115. The van der Waals surface area contributed by atoms with Gasteiger partial charge in [-0.05, 0) is 42.8 Å². The van der Waals surface area contributed by atoms with Crippen molar-refractivity contribution in [3.8, 4) is 5.75 Å². The van der Waals surface area contributed by atoms with Gasteiger partial charge in [-0.3, -0.25) is 4.79 Å². The summed E-state index contributed by atoms with van der Waals surface area (Å²) in [5, 5.41) is 3.50. The fourth-order valence-electron chi connectivity index (χ4n) is 2.50. The number of halogens is 1. The number of hydrogen-bond donors (Lipinski definition) is 2. The van der Waals surface area contributed by atoms with Crippen molar-refractivity contribution in [3.63, 3.8) is 0 Å². The highest BCUT2D eigenvalue weighted by Crippen LogP contribution is 2.33. The van der Waals surface area contributed by atoms with E-state index in [1.165, 1.54) is 0 Å². The number of benzene rings is 2. The topological polar surface area (TPSA) is 67.6 Å². The summed E-state index contributed by atoms with van der Waals surface area (Å²) in [6.07, 6.45) is 0. The molecule has 3 rings (SSSR count). The smallest absolute Gasteiger partial charge is 0.243 e. The van der Waals surface area contributed by atoms with Crippen LogP contribution in [0, 0.1) is 6.92 Å². The minimum Gasteiger partial charge on any atom is -0.490 e. The van der Waals surface area contributed by atoms with E-state index in [4.69, 9.17) is 22.1 Å². The number of aryl methyl sites for hydroxylation is 1. The van der Waals surface area contributed by atoms with Gasteiger partial charge in [-0.15, -0.1) is 0 Å². The molecule has 1 heterocycles. The standard InChI is InChI=1S/C17H18ClN3O2/c1-11-2-4-13(9-14(11)18)20-17(22)10-21-6-7-23-16-5-3-12(19)8-15(16)21/h2-5,8-9H,6-7,10,19H2,1H3,(H,20,22). The molecule has 0 aliphatic carbocycles. The van der Waals surface area contributed by atoms with Gasteiger partial charge in [0.25, 0.3) is 0 Å². The van der Waals surface area contributed by atoms with Crippen LogP contribution >= 0.6 is 11.6 Å². The molecule has 0 aromatic heterocycles. The average molecular weight is 332 g/mol. The van der Waals surface area contributed by atoms with Crippen molar-refractivity contribution in [1.29, 1.82) is 0 Å². The second kappa shape index (κ2) is 6.38. The zero-order valence-electron chi connectivity index (χ0n) is 12.8. The third kappa shape index (κ3) is 3.51. The molecule has 23 heavy (non-hydrogen) atoms. The van der Waals surface area contributed by atoms with Gasteiger partial charge in [0.05, 0.1) is 18.8 Å². The Hall–Kier alpha value is -2.40. The van der Waals surface area contributed by atoms with E-state index in [1.54, 1.807) is 12.1 Å². The maximum atomic E-state index is 12.3. The molecule has 0 radical (unpaired) electrons. The number of carbonyl (C=O) groups excluding carboxylic acids is 1. The molecule has 0 bridgehead atoms. The fraction of sp³-hybridized carbons (Fsp3) is 0.235. The monoisotopic (exact) mass is 331 g/mol. The van der Waals surface area contributed by atoms with Gasteiger partial charge in [0.15, 0.2) is 0 Å². The molecule has 1 aliphatic rings. The molecule has 1 aliphatic heterocycles. The average Bonchev–Trinajstić information content (AvgIpc) is 2.51. The van der Waals surface area contributed by atoms with Crippen LogP contribution < -0.4 is 20.7 Å². The summed E-state index contributed by atoms with van der Waals surface area (Å²) < 4.78 is 5.59. The number of fused-ring (bicyclic) bond motifs is 1. The minimum atomic E-state index is -0.111. The van der Waals surface area contributed by atoms with Crippen LogP contribution in [-0.2, 0) is 4.79 Å². The predicted octanol–water partition coefficient (Wildman–Crippen LogP) is 3.07. The van der Waals surface area contributed by atoms with E-state index in [0.717, 1.165) is 17.0 Å². The highest BCUT2D eigenvalue weighted by Gasteiger charge is 2.20. The summed E-state index contributed by atoms with van der Waals surface area (Å²) >= 11 is 6.08. The van der Waals surface area contributed by atoms with Crippen molar-refractivity contribution >= 4 is 34.6 Å². The Morgan fingerprint density at radius 2 is 2.17 bits per heavy atom. The van der Waals surface area contributed by atoms with Crippen LogP contribution in [0.3, 0.4) is 0 Å². The van der Waals surface area contributed by atoms with E-state index >= 15 is 0 Å². The Labute approximate surface area is 140 Å². The van der Waals surface area contributed by atoms with Crippen molar-refractivity contribution in [2.45, 2.75) is 6.92 Å². The van der Waals surface area contributed by atoms with Crippen molar-refractivity contribution in [2.75, 3.05) is 35.6 Å². The summed E-state index contributed by atoms with van der Waals surface area (Å²) in [6, 6.07) is 10.9. The first-order valence-electron chi connectivity index (χ1n) is 7.36. The number of nitrogens with one attached hydrogen (secondary N) is 1. The van der Waals surface area contributed by atoms with Gasteiger partial charge in [-0.1, -0.05) is 17.7 Å². The largest absolute Gasteiger partial charge is 0.490 e. The van der Waals surface area contributed by atoms with E-state index in [0.29, 0.717) is 29.5 Å². The van der Waals surface area contributed by atoms with E-state index in [-0.39, 0.29) is 12.5 Å². The molecule has 0 spiro atoms. The number of nitrogens with zero attached hydrogens (tertiary/aromatic N) is 1. The molecule has 1 amide bonds. The van der Waals surface area contributed by atoms with Gasteiger partial charge in [-0.25, -0.2) is 0 Å². The Morgan fingerprint density at radius 3 is 2.96 bits per heavy atom. The molecule has 3 N–H and O–H groups in total. The Balaban J connectivity index is 1.71. The summed E-state index contributed by atoms with van der Waals surface area (Å²) in [7, 11) is 0. The van der Waals surface area contributed by atoms with Crippen LogP contribution in [0.5, 0.6) is 5.75 Å². The first kappa shape index (κ1) is 15.5. The first-order chi connectivity index (χ1) is 11.0. The zero-order chi connectivity index (χ0) is 16.4. The molecule has 0 atom stereocenters. The number of anilines is 3. The quantitative estimate of drug-likeness (QED) is 0.848. The third-order valence-electron chi connectivity index (χ3n) is 3.73. The van der Waals surface area contributed by atoms with Crippen LogP contribution in [0.2, 0.25) is 5.02 Å². The number of rotatable bonds is 3. The summed E-state index contributed by atoms with van der Waals surface area (Å²) in [6.45, 7) is 3.33. The summed E-state index contributed by atoms with van der Waals surface area (Å²) in [5.41, 5.74) is 8.98. The Bertz CT molecular complexity index is 749. The molecular weight excluding hydrogens is 314 g/mol. The molecule has 5 nitrogen and oxygen atoms in total. The normalized spacial score (nSPS) is 13.2. The highest BCUT2D eigenvalue weighted by atomic mass is 35.5. The second-order valence-corrected chi connectivity index (χ2v) is 5.92. The molecule has 120 valence electrons. The molecule has 6 heteroatoms. The number of ether oxygens (including phenoxy) is 1. The number of amides is 1. The molecule has 2 aromatic carbocycles. The van der Waals surface area contributed by atoms with Crippen molar-refractivity contribution < 1.29 is 9.53 Å². The van der Waals surface area contributed by atoms with Crippen LogP contribution in [0.25, 0.3) is 0 Å². The van der Waals surface area contributed by atoms with Gasteiger partial charge in [-0.2, -0.15) is 0 Å². The third-order valence-corrected chi connectivity index (χ3v) is 4.14. The molecule has 0 saturated heterocycles. The van der Waals surface area contributed by atoms with Gasteiger partial charge >= 0.3 is 0 Å². The number of hydrogen-bond acceptors (Lipinski definition) is 4. The van der Waals surface area contributed by atoms with Gasteiger partial charge in [0.2, 0.25) is 5.91 Å². The zero-order valence-corrected chi connectivity index (χ0v) is 13.6. The highest BCUT2D eigenvalue weighted by molar-refractivity contribution is 6.31. The van der Waals surface area contributed by atoms with Crippen LogP contribution in [-0.4, -0.2) is 25.6 Å². The number of carbonyl (C=O) groups is 1. The maximum absolute atomic E-state index is 12.3. The molecule has 0 fully saturated rings. The van der Waals surface area contributed by atoms with Gasteiger partial charge in [0, 0.05) is 16.4 Å². The lowest BCUT2D eigenvalue weighted by atomic mass is 10.2. The second-order valence-electron chi connectivity index (χ2n) is 5.51. The lowest BCUT2D eigenvalue weighted by Crippen LogP contribution is -2.38. The molecule has 0 saturated carbocycles. The Morgan fingerprint density at radius 1 is 1.35 bits per heavy atom. The summed E-state index contributed by atoms with van der Waals surface area (Å²) in [4.78, 5) is 14.3. The van der Waals surface area contributed by atoms with E-state index in [1.807, 2.05) is 36.1 Å². The SMILES string of the molecule is Cc1ccc(NC(=O)CN2CCOc3ccc(N)cc32)cc1Cl. The van der Waals surface area contributed by atoms with Crippen LogP contribution in [0.1, 0.15) is 5.56 Å². The maximum Gasteiger partial charge on any atom is 0.243 e. The molecular formula is C17H18ClN3O2. The van der Waals surface area contributed by atoms with Crippen molar-refractivity contribution in [1.82, 2.24) is 0 Å². The first-order valence-corrected chi connectivity index (χ1v) is 7.74. The minimum absolute atomic E-state index is 0.111. The van der Waals surface area contributed by atoms with Crippen molar-refractivity contribution in [3.05, 3.63) is 47.0 Å². The molecule has 0 unspecified atom stereocenters. The molecule has 2 aromatic rings. The number of nitrogen functional groups attached to an aromatic ring is 1. The summed E-state index contributed by atoms with van der Waals surface area (Å²) in [5.74, 6) is 0.636. The lowest BCUT2D eigenvalue weighted by Gasteiger charge is -2.30.